The summed E-state index contributed by atoms with van der Waals surface area (Å²) in [7, 11) is 0. The molecule has 4 rings (SSSR count). The number of benzene rings is 1. The van der Waals surface area contributed by atoms with Crippen molar-refractivity contribution in [2.75, 3.05) is 32.8 Å². The van der Waals surface area contributed by atoms with Gasteiger partial charge in [0.25, 0.3) is 0 Å². The van der Waals surface area contributed by atoms with Gasteiger partial charge in [0.1, 0.15) is 6.54 Å². The van der Waals surface area contributed by atoms with Crippen LogP contribution < -0.4 is 0 Å². The molecule has 1 aromatic carbocycles. The van der Waals surface area contributed by atoms with Crippen LogP contribution in [-0.4, -0.2) is 64.4 Å². The molecule has 0 unspecified atom stereocenters. The molecule has 2 aliphatic heterocycles. The highest BCUT2D eigenvalue weighted by Gasteiger charge is 2.27. The van der Waals surface area contributed by atoms with E-state index in [2.05, 4.69) is 46.1 Å². The van der Waals surface area contributed by atoms with Crippen molar-refractivity contribution in [3.8, 4) is 0 Å². The van der Waals surface area contributed by atoms with Crippen LogP contribution in [0.1, 0.15) is 42.5 Å². The summed E-state index contributed by atoms with van der Waals surface area (Å²) < 4.78 is 7.60. The van der Waals surface area contributed by atoms with Gasteiger partial charge in [0.2, 0.25) is 5.91 Å². The second kappa shape index (κ2) is 10.4. The molecular weight excluding hydrogens is 388 g/mol. The zero-order valence-corrected chi connectivity index (χ0v) is 19.0. The van der Waals surface area contributed by atoms with E-state index in [1.807, 2.05) is 19.2 Å². The van der Waals surface area contributed by atoms with Crippen LogP contribution in [0.3, 0.4) is 0 Å². The summed E-state index contributed by atoms with van der Waals surface area (Å²) in [5.41, 5.74) is 3.73. The monoisotopic (exact) mass is 424 g/mol. The van der Waals surface area contributed by atoms with Crippen molar-refractivity contribution in [1.29, 1.82) is 0 Å². The third-order valence-corrected chi connectivity index (χ3v) is 6.71. The number of ether oxygens (including phenoxy) is 1. The highest BCUT2D eigenvalue weighted by atomic mass is 16.5. The molecule has 2 fully saturated rings. The lowest BCUT2D eigenvalue weighted by Crippen LogP contribution is -2.44. The molecule has 0 saturated carbocycles. The summed E-state index contributed by atoms with van der Waals surface area (Å²) in [6.45, 7) is 10.0. The van der Waals surface area contributed by atoms with Crippen molar-refractivity contribution in [2.24, 2.45) is 5.92 Å². The standard InChI is InChI=1S/C25H36N4O2/c1-20-6-3-4-7-23(20)17-27-12-10-22(11-13-27)16-28(18-24-8-5-15-31-24)25(30)19-29-14-9-21(2)26-29/h3-4,6-7,9,14,22,24H,5,8,10-13,15-19H2,1-2H3/t24-/m0/s1. The number of carbonyl (C=O) groups excluding carboxylic acids is 1. The van der Waals surface area contributed by atoms with Crippen LogP contribution in [0.15, 0.2) is 36.5 Å². The quantitative estimate of drug-likeness (QED) is 0.652. The summed E-state index contributed by atoms with van der Waals surface area (Å²) in [5.74, 6) is 0.707. The zero-order valence-electron chi connectivity index (χ0n) is 19.0. The molecule has 1 atom stereocenters. The van der Waals surface area contributed by atoms with Crippen molar-refractivity contribution in [3.05, 3.63) is 53.3 Å². The molecule has 1 amide bonds. The normalized spacial score (nSPS) is 20.3. The number of carbonyl (C=O) groups is 1. The molecule has 0 spiro atoms. The van der Waals surface area contributed by atoms with Gasteiger partial charge in [0, 0.05) is 32.4 Å². The molecule has 0 radical (unpaired) electrons. The topological polar surface area (TPSA) is 50.6 Å². The molecule has 3 heterocycles. The Morgan fingerprint density at radius 3 is 2.61 bits per heavy atom. The molecular formula is C25H36N4O2. The van der Waals surface area contributed by atoms with E-state index in [-0.39, 0.29) is 12.0 Å². The fourth-order valence-electron chi connectivity index (χ4n) is 4.77. The second-order valence-corrected chi connectivity index (χ2v) is 9.23. The van der Waals surface area contributed by atoms with Crippen LogP contribution in [0.25, 0.3) is 0 Å². The molecule has 0 N–H and O–H groups in total. The molecule has 168 valence electrons. The van der Waals surface area contributed by atoms with Gasteiger partial charge < -0.3 is 9.64 Å². The molecule has 2 saturated heterocycles. The third kappa shape index (κ3) is 6.17. The Hall–Kier alpha value is -2.18. The van der Waals surface area contributed by atoms with Crippen LogP contribution in [0.4, 0.5) is 0 Å². The van der Waals surface area contributed by atoms with Crippen LogP contribution in [0.2, 0.25) is 0 Å². The Kier molecular flexibility index (Phi) is 7.41. The van der Waals surface area contributed by atoms with E-state index in [1.165, 1.54) is 11.1 Å². The van der Waals surface area contributed by atoms with E-state index < -0.39 is 0 Å². The first kappa shape index (κ1) is 22.0. The van der Waals surface area contributed by atoms with Gasteiger partial charge in [-0.3, -0.25) is 14.4 Å². The van der Waals surface area contributed by atoms with Crippen molar-refractivity contribution in [1.82, 2.24) is 19.6 Å². The molecule has 2 aliphatic rings. The summed E-state index contributed by atoms with van der Waals surface area (Å²) >= 11 is 0. The molecule has 0 aliphatic carbocycles. The number of nitrogens with zero attached hydrogens (tertiary/aromatic N) is 4. The number of amides is 1. The second-order valence-electron chi connectivity index (χ2n) is 9.23. The predicted molar refractivity (Wildman–Crippen MR) is 122 cm³/mol. The number of hydrogen-bond donors (Lipinski definition) is 0. The summed E-state index contributed by atoms with van der Waals surface area (Å²) in [6, 6.07) is 10.6. The van der Waals surface area contributed by atoms with Crippen LogP contribution >= 0.6 is 0 Å². The van der Waals surface area contributed by atoms with E-state index in [0.717, 1.165) is 64.2 Å². The highest BCUT2D eigenvalue weighted by Crippen LogP contribution is 2.22. The van der Waals surface area contributed by atoms with Crippen LogP contribution in [0, 0.1) is 19.8 Å². The Bertz CT molecular complexity index is 851. The van der Waals surface area contributed by atoms with Crippen molar-refractivity contribution in [3.63, 3.8) is 0 Å². The average Bonchev–Trinajstić information content (AvgIpc) is 3.42. The van der Waals surface area contributed by atoms with Crippen LogP contribution in [0.5, 0.6) is 0 Å². The molecule has 6 nitrogen and oxygen atoms in total. The zero-order chi connectivity index (χ0) is 21.6. The number of hydrogen-bond acceptors (Lipinski definition) is 4. The van der Waals surface area contributed by atoms with Gasteiger partial charge in [-0.2, -0.15) is 5.10 Å². The third-order valence-electron chi connectivity index (χ3n) is 6.71. The van der Waals surface area contributed by atoms with E-state index in [4.69, 9.17) is 4.74 Å². The van der Waals surface area contributed by atoms with E-state index in [0.29, 0.717) is 19.0 Å². The highest BCUT2D eigenvalue weighted by molar-refractivity contribution is 5.76. The summed E-state index contributed by atoms with van der Waals surface area (Å²) in [6.07, 6.45) is 6.51. The Labute approximate surface area is 186 Å². The lowest BCUT2D eigenvalue weighted by molar-refractivity contribution is -0.134. The number of rotatable bonds is 8. The van der Waals surface area contributed by atoms with Crippen LogP contribution in [-0.2, 0) is 22.6 Å². The maximum Gasteiger partial charge on any atom is 0.244 e. The molecule has 2 aromatic rings. The fraction of sp³-hybridized carbons (Fsp3) is 0.600. The van der Waals surface area contributed by atoms with Crippen molar-refractivity contribution < 1.29 is 9.53 Å². The minimum absolute atomic E-state index is 0.154. The number of aromatic nitrogens is 2. The number of piperidine rings is 1. The fourth-order valence-corrected chi connectivity index (χ4v) is 4.77. The predicted octanol–water partition coefficient (Wildman–Crippen LogP) is 3.42. The summed E-state index contributed by atoms with van der Waals surface area (Å²) in [5, 5.41) is 4.40. The van der Waals surface area contributed by atoms with E-state index in [1.54, 1.807) is 4.68 Å². The first-order valence-corrected chi connectivity index (χ1v) is 11.7. The van der Waals surface area contributed by atoms with E-state index in [9.17, 15) is 4.79 Å². The molecule has 0 bridgehead atoms. The molecule has 6 heteroatoms. The minimum atomic E-state index is 0.154. The van der Waals surface area contributed by atoms with Gasteiger partial charge in [-0.25, -0.2) is 0 Å². The van der Waals surface area contributed by atoms with Gasteiger partial charge in [0.05, 0.1) is 11.8 Å². The smallest absolute Gasteiger partial charge is 0.244 e. The average molecular weight is 425 g/mol. The van der Waals surface area contributed by atoms with E-state index >= 15 is 0 Å². The van der Waals surface area contributed by atoms with Gasteiger partial charge in [0.15, 0.2) is 0 Å². The van der Waals surface area contributed by atoms with Crippen molar-refractivity contribution >= 4 is 5.91 Å². The van der Waals surface area contributed by atoms with Gasteiger partial charge in [-0.15, -0.1) is 0 Å². The largest absolute Gasteiger partial charge is 0.376 e. The Balaban J connectivity index is 1.32. The minimum Gasteiger partial charge on any atom is -0.376 e. The molecule has 31 heavy (non-hydrogen) atoms. The number of aryl methyl sites for hydroxylation is 2. The number of likely N-dealkylation sites (tertiary alicyclic amines) is 1. The Morgan fingerprint density at radius 1 is 1.13 bits per heavy atom. The Morgan fingerprint density at radius 2 is 1.94 bits per heavy atom. The lowest BCUT2D eigenvalue weighted by atomic mass is 9.95. The van der Waals surface area contributed by atoms with Crippen molar-refractivity contribution in [2.45, 2.75) is 58.7 Å². The first-order chi connectivity index (χ1) is 15.1. The SMILES string of the molecule is Cc1ccn(CC(=O)N(CC2CCN(Cc3ccccc3C)CC2)C[C@@H]2CCCO2)n1. The van der Waals surface area contributed by atoms with Gasteiger partial charge in [-0.1, -0.05) is 24.3 Å². The maximum absolute atomic E-state index is 13.1. The lowest BCUT2D eigenvalue weighted by Gasteiger charge is -2.35. The van der Waals surface area contributed by atoms with Gasteiger partial charge >= 0.3 is 0 Å². The summed E-state index contributed by atoms with van der Waals surface area (Å²) in [4.78, 5) is 17.7. The van der Waals surface area contributed by atoms with Gasteiger partial charge in [-0.05, 0) is 75.7 Å². The maximum atomic E-state index is 13.1. The first-order valence-electron chi connectivity index (χ1n) is 11.7. The molecule has 1 aromatic heterocycles.